The van der Waals surface area contributed by atoms with Crippen molar-refractivity contribution in [1.82, 2.24) is 14.5 Å². The van der Waals surface area contributed by atoms with Crippen molar-refractivity contribution < 1.29 is 0 Å². The van der Waals surface area contributed by atoms with E-state index in [1.165, 1.54) is 11.1 Å². The molecule has 4 nitrogen and oxygen atoms in total. The Morgan fingerprint density at radius 2 is 2.21 bits per heavy atom. The molecule has 0 aromatic carbocycles. The number of aromatic nitrogens is 3. The van der Waals surface area contributed by atoms with Crippen LogP contribution < -0.4 is 5.73 Å². The molecule has 0 unspecified atom stereocenters. The second-order valence-corrected chi connectivity index (χ2v) is 4.73. The minimum absolute atomic E-state index is 0.529. The van der Waals surface area contributed by atoms with Gasteiger partial charge in [-0.2, -0.15) is 0 Å². The molecular formula is C15H16N4. The maximum Gasteiger partial charge on any atom is 0.140 e. The van der Waals surface area contributed by atoms with E-state index < -0.39 is 0 Å². The second kappa shape index (κ2) is 4.82. The number of hydrogen-bond donors (Lipinski definition) is 1. The van der Waals surface area contributed by atoms with Gasteiger partial charge in [-0.1, -0.05) is 6.07 Å². The van der Waals surface area contributed by atoms with Crippen molar-refractivity contribution in [2.24, 2.45) is 5.73 Å². The average molecular weight is 252 g/mol. The SMILES string of the molecule is Cc1cncc(Cn2cc(CN)c3cccnc32)c1. The van der Waals surface area contributed by atoms with Crippen LogP contribution in [0.5, 0.6) is 0 Å². The molecule has 3 aromatic heterocycles. The van der Waals surface area contributed by atoms with Gasteiger partial charge in [0.2, 0.25) is 0 Å². The van der Waals surface area contributed by atoms with Gasteiger partial charge in [0.05, 0.1) is 6.54 Å². The summed E-state index contributed by atoms with van der Waals surface area (Å²) < 4.78 is 2.13. The van der Waals surface area contributed by atoms with Crippen molar-refractivity contribution in [3.8, 4) is 0 Å². The highest BCUT2D eigenvalue weighted by molar-refractivity contribution is 5.80. The summed E-state index contributed by atoms with van der Waals surface area (Å²) in [6, 6.07) is 6.15. The Bertz CT molecular complexity index is 715. The molecule has 0 atom stereocenters. The topological polar surface area (TPSA) is 56.7 Å². The highest BCUT2D eigenvalue weighted by atomic mass is 15.0. The van der Waals surface area contributed by atoms with E-state index in [9.17, 15) is 0 Å². The first-order chi connectivity index (χ1) is 9.28. The van der Waals surface area contributed by atoms with E-state index in [0.717, 1.165) is 23.1 Å². The summed E-state index contributed by atoms with van der Waals surface area (Å²) in [7, 11) is 0. The van der Waals surface area contributed by atoms with Crippen LogP contribution >= 0.6 is 0 Å². The van der Waals surface area contributed by atoms with Gasteiger partial charge in [-0.3, -0.25) is 4.98 Å². The van der Waals surface area contributed by atoms with Crippen LogP contribution in [0.2, 0.25) is 0 Å². The van der Waals surface area contributed by atoms with Gasteiger partial charge in [0.25, 0.3) is 0 Å². The monoisotopic (exact) mass is 252 g/mol. The van der Waals surface area contributed by atoms with E-state index >= 15 is 0 Å². The third kappa shape index (κ3) is 2.22. The number of hydrogen-bond acceptors (Lipinski definition) is 3. The minimum atomic E-state index is 0.529. The number of rotatable bonds is 3. The standard InChI is InChI=1S/C15H16N4/c1-11-5-12(8-17-7-11)9-19-10-13(6-16)14-3-2-4-18-15(14)19/h2-5,7-8,10H,6,9,16H2,1H3. The van der Waals surface area contributed by atoms with Crippen LogP contribution in [0, 0.1) is 6.92 Å². The molecular weight excluding hydrogens is 236 g/mol. The molecule has 0 amide bonds. The number of fused-ring (bicyclic) bond motifs is 1. The molecule has 0 fully saturated rings. The van der Waals surface area contributed by atoms with Crippen LogP contribution in [0.25, 0.3) is 11.0 Å². The minimum Gasteiger partial charge on any atom is -0.328 e. The van der Waals surface area contributed by atoms with Gasteiger partial charge in [0.1, 0.15) is 5.65 Å². The van der Waals surface area contributed by atoms with E-state index in [2.05, 4.69) is 32.9 Å². The molecule has 0 aliphatic rings. The van der Waals surface area contributed by atoms with Gasteiger partial charge < -0.3 is 10.3 Å². The fourth-order valence-corrected chi connectivity index (χ4v) is 2.38. The van der Waals surface area contributed by atoms with Gasteiger partial charge in [-0.25, -0.2) is 4.98 Å². The zero-order valence-corrected chi connectivity index (χ0v) is 10.9. The Balaban J connectivity index is 2.06. The highest BCUT2D eigenvalue weighted by Crippen LogP contribution is 2.20. The van der Waals surface area contributed by atoms with Crippen LogP contribution in [0.3, 0.4) is 0 Å². The van der Waals surface area contributed by atoms with Gasteiger partial charge in [0.15, 0.2) is 0 Å². The first kappa shape index (κ1) is 11.9. The predicted molar refractivity (Wildman–Crippen MR) is 75.7 cm³/mol. The smallest absolute Gasteiger partial charge is 0.140 e. The number of pyridine rings is 2. The number of nitrogens with zero attached hydrogens (tertiary/aromatic N) is 3. The summed E-state index contributed by atoms with van der Waals surface area (Å²) >= 11 is 0. The lowest BCUT2D eigenvalue weighted by Crippen LogP contribution is -2.00. The third-order valence-corrected chi connectivity index (χ3v) is 3.22. The summed E-state index contributed by atoms with van der Waals surface area (Å²) in [4.78, 5) is 8.68. The molecule has 3 aromatic rings. The molecule has 3 rings (SSSR count). The predicted octanol–water partition coefficient (Wildman–Crippen LogP) is 2.25. The van der Waals surface area contributed by atoms with Crippen LogP contribution in [0.1, 0.15) is 16.7 Å². The Morgan fingerprint density at radius 3 is 3.00 bits per heavy atom. The molecule has 3 heterocycles. The molecule has 4 heteroatoms. The van der Waals surface area contributed by atoms with Crippen LogP contribution in [0.4, 0.5) is 0 Å². The molecule has 0 saturated heterocycles. The molecule has 0 radical (unpaired) electrons. The van der Waals surface area contributed by atoms with Gasteiger partial charge in [-0.15, -0.1) is 0 Å². The van der Waals surface area contributed by atoms with Crippen LogP contribution in [-0.4, -0.2) is 14.5 Å². The molecule has 19 heavy (non-hydrogen) atoms. The quantitative estimate of drug-likeness (QED) is 0.777. The van der Waals surface area contributed by atoms with Crippen molar-refractivity contribution in [2.45, 2.75) is 20.0 Å². The Kier molecular flexibility index (Phi) is 3.01. The molecule has 0 bridgehead atoms. The fraction of sp³-hybridized carbons (Fsp3) is 0.200. The molecule has 0 aliphatic carbocycles. The summed E-state index contributed by atoms with van der Waals surface area (Å²) in [6.07, 6.45) is 7.65. The van der Waals surface area contributed by atoms with Gasteiger partial charge in [0, 0.05) is 36.7 Å². The van der Waals surface area contributed by atoms with E-state index in [-0.39, 0.29) is 0 Å². The highest BCUT2D eigenvalue weighted by Gasteiger charge is 2.08. The second-order valence-electron chi connectivity index (χ2n) is 4.73. The lowest BCUT2D eigenvalue weighted by atomic mass is 10.2. The van der Waals surface area contributed by atoms with Crippen molar-refractivity contribution >= 4 is 11.0 Å². The summed E-state index contributed by atoms with van der Waals surface area (Å²) in [6.45, 7) is 3.34. The van der Waals surface area contributed by atoms with Crippen molar-refractivity contribution in [3.05, 3.63) is 59.7 Å². The average Bonchev–Trinajstić information content (AvgIpc) is 2.77. The van der Waals surface area contributed by atoms with E-state index in [1.54, 1.807) is 0 Å². The van der Waals surface area contributed by atoms with Gasteiger partial charge in [-0.05, 0) is 35.7 Å². The lowest BCUT2D eigenvalue weighted by Gasteiger charge is -2.05. The zero-order chi connectivity index (χ0) is 13.2. The fourth-order valence-electron chi connectivity index (χ4n) is 2.38. The lowest BCUT2D eigenvalue weighted by molar-refractivity contribution is 0.813. The van der Waals surface area contributed by atoms with Crippen molar-refractivity contribution in [1.29, 1.82) is 0 Å². The van der Waals surface area contributed by atoms with Crippen molar-refractivity contribution in [3.63, 3.8) is 0 Å². The van der Waals surface area contributed by atoms with E-state index in [1.807, 2.05) is 31.6 Å². The number of aryl methyl sites for hydroxylation is 1. The third-order valence-electron chi connectivity index (χ3n) is 3.22. The maximum absolute atomic E-state index is 5.79. The molecule has 0 spiro atoms. The molecule has 96 valence electrons. The zero-order valence-electron chi connectivity index (χ0n) is 10.9. The molecule has 0 saturated carbocycles. The van der Waals surface area contributed by atoms with E-state index in [4.69, 9.17) is 5.73 Å². The Labute approximate surface area is 111 Å². The Hall–Kier alpha value is -2.20. The van der Waals surface area contributed by atoms with E-state index in [0.29, 0.717) is 6.54 Å². The molecule has 0 aliphatic heterocycles. The maximum atomic E-state index is 5.79. The van der Waals surface area contributed by atoms with Crippen molar-refractivity contribution in [2.75, 3.05) is 0 Å². The largest absolute Gasteiger partial charge is 0.328 e. The Morgan fingerprint density at radius 1 is 1.32 bits per heavy atom. The first-order valence-corrected chi connectivity index (χ1v) is 6.31. The first-order valence-electron chi connectivity index (χ1n) is 6.31. The summed E-state index contributed by atoms with van der Waals surface area (Å²) in [5.74, 6) is 0. The van der Waals surface area contributed by atoms with Gasteiger partial charge >= 0.3 is 0 Å². The molecule has 2 N–H and O–H groups in total. The normalized spacial score (nSPS) is 11.1. The summed E-state index contributed by atoms with van der Waals surface area (Å²) in [5.41, 5.74) is 10.2. The van der Waals surface area contributed by atoms with Crippen LogP contribution in [-0.2, 0) is 13.1 Å². The summed E-state index contributed by atoms with van der Waals surface area (Å²) in [5, 5.41) is 1.13. The van der Waals surface area contributed by atoms with Crippen LogP contribution in [0.15, 0.2) is 43.0 Å². The number of nitrogens with two attached hydrogens (primary N) is 1.